The number of thiazole rings is 1. The van der Waals surface area contributed by atoms with E-state index in [0.717, 1.165) is 5.69 Å². The number of aromatic nitrogens is 2. The fraction of sp³-hybridized carbons (Fsp3) is 0.133. The van der Waals surface area contributed by atoms with Crippen LogP contribution in [0.5, 0.6) is 0 Å². The Hall–Kier alpha value is -2.48. The van der Waals surface area contributed by atoms with Gasteiger partial charge in [0, 0.05) is 23.1 Å². The van der Waals surface area contributed by atoms with Crippen LogP contribution >= 0.6 is 11.3 Å². The predicted molar refractivity (Wildman–Crippen MR) is 81.5 cm³/mol. The number of nitrogens with one attached hydrogen (secondary N) is 1. The second-order valence-corrected chi connectivity index (χ2v) is 5.87. The molecule has 3 rings (SSSR count). The lowest BCUT2D eigenvalue weighted by Crippen LogP contribution is -2.11. The number of halogens is 3. The van der Waals surface area contributed by atoms with Gasteiger partial charge in [-0.1, -0.05) is 0 Å². The van der Waals surface area contributed by atoms with Crippen molar-refractivity contribution in [1.82, 2.24) is 9.97 Å². The van der Waals surface area contributed by atoms with Gasteiger partial charge >= 0.3 is 6.18 Å². The average molecular weight is 337 g/mol. The number of amides is 1. The van der Waals surface area contributed by atoms with Crippen molar-refractivity contribution >= 4 is 33.1 Å². The zero-order valence-corrected chi connectivity index (χ0v) is 12.6. The number of anilines is 1. The number of carbonyl (C=O) groups is 1. The monoisotopic (exact) mass is 337 g/mol. The summed E-state index contributed by atoms with van der Waals surface area (Å²) in [6.07, 6.45) is -2.92. The van der Waals surface area contributed by atoms with Crippen LogP contribution in [0.15, 0.2) is 36.5 Å². The Kier molecular flexibility index (Phi) is 3.77. The Morgan fingerprint density at radius 1 is 1.22 bits per heavy atom. The van der Waals surface area contributed by atoms with Gasteiger partial charge in [0.1, 0.15) is 0 Å². The highest BCUT2D eigenvalue weighted by Crippen LogP contribution is 2.35. The number of aryl methyl sites for hydroxylation is 1. The van der Waals surface area contributed by atoms with Crippen LogP contribution in [0.1, 0.15) is 21.1 Å². The van der Waals surface area contributed by atoms with Crippen molar-refractivity contribution in [2.75, 3.05) is 5.32 Å². The largest absolute Gasteiger partial charge is 0.443 e. The predicted octanol–water partition coefficient (Wildman–Crippen LogP) is 4.27. The van der Waals surface area contributed by atoms with Crippen LogP contribution in [-0.2, 0) is 6.18 Å². The van der Waals surface area contributed by atoms with Crippen LogP contribution < -0.4 is 5.32 Å². The molecule has 8 heteroatoms. The number of hydrogen-bond acceptors (Lipinski definition) is 4. The number of carbonyl (C=O) groups excluding carboxylic acids is 1. The Morgan fingerprint density at radius 2 is 2.00 bits per heavy atom. The lowest BCUT2D eigenvalue weighted by molar-refractivity contribution is -0.137. The van der Waals surface area contributed by atoms with E-state index < -0.39 is 17.1 Å². The Balaban J connectivity index is 1.89. The van der Waals surface area contributed by atoms with Gasteiger partial charge in [0.05, 0.1) is 10.2 Å². The summed E-state index contributed by atoms with van der Waals surface area (Å²) in [5.41, 5.74) is 1.81. The number of pyridine rings is 1. The van der Waals surface area contributed by atoms with Gasteiger partial charge in [-0.05, 0) is 37.3 Å². The van der Waals surface area contributed by atoms with Gasteiger partial charge in [0.15, 0.2) is 5.01 Å². The molecule has 118 valence electrons. The molecule has 1 amide bonds. The number of nitrogens with zero attached hydrogens (tertiary/aromatic N) is 2. The van der Waals surface area contributed by atoms with Gasteiger partial charge in [0.2, 0.25) is 0 Å². The molecule has 23 heavy (non-hydrogen) atoms. The van der Waals surface area contributed by atoms with Crippen LogP contribution in [0.25, 0.3) is 10.2 Å². The Labute approximate surface area is 133 Å². The highest BCUT2D eigenvalue weighted by atomic mass is 32.1. The van der Waals surface area contributed by atoms with E-state index in [4.69, 9.17) is 0 Å². The molecule has 0 radical (unpaired) electrons. The molecule has 3 aromatic rings. The highest BCUT2D eigenvalue weighted by molar-refractivity contribution is 7.18. The normalized spacial score (nSPS) is 11.7. The molecule has 2 heterocycles. The molecular formula is C15H10F3N3OS. The third-order valence-corrected chi connectivity index (χ3v) is 4.11. The van der Waals surface area contributed by atoms with Crippen molar-refractivity contribution in [3.63, 3.8) is 0 Å². The third kappa shape index (κ3) is 3.31. The molecule has 0 saturated carbocycles. The van der Waals surface area contributed by atoms with Gasteiger partial charge in [0.25, 0.3) is 5.91 Å². The van der Waals surface area contributed by atoms with Gasteiger partial charge in [-0.2, -0.15) is 13.2 Å². The summed E-state index contributed by atoms with van der Waals surface area (Å²) in [6.45, 7) is 1.79. The second-order valence-electron chi connectivity index (χ2n) is 4.84. The molecule has 0 atom stereocenters. The lowest BCUT2D eigenvalue weighted by Gasteiger charge is -2.05. The molecule has 0 saturated heterocycles. The molecule has 0 bridgehead atoms. The van der Waals surface area contributed by atoms with Gasteiger partial charge in [-0.25, -0.2) is 4.98 Å². The maximum atomic E-state index is 12.7. The summed E-state index contributed by atoms with van der Waals surface area (Å²) in [5.74, 6) is -0.403. The number of hydrogen-bond donors (Lipinski definition) is 1. The number of benzene rings is 1. The first-order chi connectivity index (χ1) is 10.8. The molecular weight excluding hydrogens is 327 g/mol. The zero-order chi connectivity index (χ0) is 16.6. The summed E-state index contributed by atoms with van der Waals surface area (Å²) < 4.78 is 38.3. The van der Waals surface area contributed by atoms with Gasteiger partial charge in [-0.15, -0.1) is 11.3 Å². The fourth-order valence-electron chi connectivity index (χ4n) is 2.01. The summed E-state index contributed by atoms with van der Waals surface area (Å²) in [5, 5.41) is 1.76. The van der Waals surface area contributed by atoms with E-state index in [1.165, 1.54) is 18.2 Å². The van der Waals surface area contributed by atoms with E-state index in [9.17, 15) is 18.0 Å². The van der Waals surface area contributed by atoms with Gasteiger partial charge < -0.3 is 5.32 Å². The van der Waals surface area contributed by atoms with Crippen molar-refractivity contribution in [2.24, 2.45) is 0 Å². The summed E-state index contributed by atoms with van der Waals surface area (Å²) in [7, 11) is 0. The maximum Gasteiger partial charge on any atom is 0.443 e. The molecule has 0 aliphatic carbocycles. The molecule has 4 nitrogen and oxygen atoms in total. The highest BCUT2D eigenvalue weighted by Gasteiger charge is 2.34. The molecule has 1 N–H and O–H groups in total. The van der Waals surface area contributed by atoms with Crippen LogP contribution in [0, 0.1) is 6.92 Å². The molecule has 0 spiro atoms. The lowest BCUT2D eigenvalue weighted by atomic mass is 10.2. The first-order valence-corrected chi connectivity index (χ1v) is 7.36. The van der Waals surface area contributed by atoms with E-state index in [1.54, 1.807) is 25.3 Å². The topological polar surface area (TPSA) is 54.9 Å². The third-order valence-electron chi connectivity index (χ3n) is 3.05. The summed E-state index contributed by atoms with van der Waals surface area (Å²) >= 11 is 0.518. The van der Waals surface area contributed by atoms with E-state index in [0.29, 0.717) is 21.7 Å². The standard InChI is InChI=1S/C15H10F3N3OS/c1-8-6-10(4-5-19-8)20-13(22)9-2-3-11-12(7-9)23-14(21-11)15(16,17)18/h2-7H,1H3,(H,19,20,22). The van der Waals surface area contributed by atoms with E-state index in [2.05, 4.69) is 15.3 Å². The molecule has 0 aliphatic rings. The number of alkyl halides is 3. The van der Waals surface area contributed by atoms with E-state index in [-0.39, 0.29) is 11.1 Å². The summed E-state index contributed by atoms with van der Waals surface area (Å²) in [4.78, 5) is 19.8. The average Bonchev–Trinajstić information content (AvgIpc) is 2.90. The van der Waals surface area contributed by atoms with E-state index >= 15 is 0 Å². The Bertz CT molecular complexity index is 889. The molecule has 0 unspecified atom stereocenters. The SMILES string of the molecule is Cc1cc(NC(=O)c2ccc3nc(C(F)(F)F)sc3c2)ccn1. The minimum absolute atomic E-state index is 0.221. The quantitative estimate of drug-likeness (QED) is 0.760. The minimum Gasteiger partial charge on any atom is -0.322 e. The molecule has 0 fully saturated rings. The zero-order valence-electron chi connectivity index (χ0n) is 11.8. The smallest absolute Gasteiger partial charge is 0.322 e. The first kappa shape index (κ1) is 15.4. The second kappa shape index (κ2) is 5.62. The first-order valence-electron chi connectivity index (χ1n) is 6.55. The number of fused-ring (bicyclic) bond motifs is 1. The number of rotatable bonds is 2. The van der Waals surface area contributed by atoms with E-state index in [1.807, 2.05) is 0 Å². The van der Waals surface area contributed by atoms with Crippen molar-refractivity contribution in [2.45, 2.75) is 13.1 Å². The van der Waals surface area contributed by atoms with Crippen LogP contribution in [0.3, 0.4) is 0 Å². The van der Waals surface area contributed by atoms with Crippen LogP contribution in [0.4, 0.5) is 18.9 Å². The van der Waals surface area contributed by atoms with Crippen molar-refractivity contribution in [1.29, 1.82) is 0 Å². The molecule has 1 aromatic carbocycles. The van der Waals surface area contributed by atoms with Gasteiger partial charge in [-0.3, -0.25) is 9.78 Å². The minimum atomic E-state index is -4.49. The van der Waals surface area contributed by atoms with Crippen LogP contribution in [-0.4, -0.2) is 15.9 Å². The maximum absolute atomic E-state index is 12.7. The molecule has 0 aliphatic heterocycles. The van der Waals surface area contributed by atoms with Crippen molar-refractivity contribution in [3.05, 3.63) is 52.8 Å². The summed E-state index contributed by atoms with van der Waals surface area (Å²) in [6, 6.07) is 7.60. The molecule has 2 aromatic heterocycles. The van der Waals surface area contributed by atoms with Crippen LogP contribution in [0.2, 0.25) is 0 Å². The fourth-order valence-corrected chi connectivity index (χ4v) is 2.89. The Morgan fingerprint density at radius 3 is 2.70 bits per heavy atom. The van der Waals surface area contributed by atoms with Crippen molar-refractivity contribution in [3.8, 4) is 0 Å². The van der Waals surface area contributed by atoms with Crippen molar-refractivity contribution < 1.29 is 18.0 Å².